The van der Waals surface area contributed by atoms with Gasteiger partial charge in [0.05, 0.1) is 0 Å². The van der Waals surface area contributed by atoms with Crippen LogP contribution in [0.5, 0.6) is 0 Å². The molecule has 0 saturated heterocycles. The topological polar surface area (TPSA) is 0 Å². The minimum absolute atomic E-state index is 1.22. The van der Waals surface area contributed by atoms with Gasteiger partial charge >= 0.3 is 0 Å². The zero-order chi connectivity index (χ0) is 14.3. The third-order valence-corrected chi connectivity index (χ3v) is 3.15. The van der Waals surface area contributed by atoms with Crippen molar-refractivity contribution < 1.29 is 0 Å². The van der Waals surface area contributed by atoms with E-state index in [1.54, 1.807) is 0 Å². The van der Waals surface area contributed by atoms with E-state index in [9.17, 15) is 0 Å². The highest BCUT2D eigenvalue weighted by atomic mass is 14.0. The van der Waals surface area contributed by atoms with Gasteiger partial charge in [0.15, 0.2) is 0 Å². The van der Waals surface area contributed by atoms with E-state index in [1.165, 1.54) is 27.8 Å². The Morgan fingerprint density at radius 2 is 1.21 bits per heavy atom. The minimum Gasteiger partial charge on any atom is -0.0985 e. The molecule has 0 spiro atoms. The number of hydrogen-bond acceptors (Lipinski definition) is 0. The lowest BCUT2D eigenvalue weighted by atomic mass is 10.0. The van der Waals surface area contributed by atoms with Gasteiger partial charge in [0.25, 0.3) is 0 Å². The van der Waals surface area contributed by atoms with Crippen molar-refractivity contribution in [2.45, 2.75) is 20.8 Å². The Morgan fingerprint density at radius 3 is 1.58 bits per heavy atom. The molecule has 0 bridgehead atoms. The van der Waals surface area contributed by atoms with E-state index in [1.807, 2.05) is 24.3 Å². The lowest BCUT2D eigenvalue weighted by Crippen LogP contribution is -1.83. The fraction of sp³-hybridized carbons (Fsp3) is 0.158. The maximum atomic E-state index is 3.75. The molecule has 0 radical (unpaired) electrons. The highest BCUT2D eigenvalue weighted by Gasteiger charge is 1.94. The molecule has 98 valence electrons. The molecule has 0 aliphatic rings. The van der Waals surface area contributed by atoms with Crippen molar-refractivity contribution in [3.8, 4) is 0 Å². The van der Waals surface area contributed by atoms with Gasteiger partial charge in [-0.05, 0) is 48.6 Å². The summed E-state index contributed by atoms with van der Waals surface area (Å²) in [4.78, 5) is 0. The van der Waals surface area contributed by atoms with Gasteiger partial charge in [-0.2, -0.15) is 0 Å². The second-order valence-corrected chi connectivity index (χ2v) is 4.57. The fourth-order valence-corrected chi connectivity index (χ4v) is 1.97. The molecule has 0 nitrogen and oxygen atoms in total. The Kier molecular flexibility index (Phi) is 5.81. The van der Waals surface area contributed by atoms with E-state index >= 15 is 0 Å². The molecule has 2 aromatic rings. The Labute approximate surface area is 117 Å². The monoisotopic (exact) mass is 250 g/mol. The van der Waals surface area contributed by atoms with Gasteiger partial charge in [-0.3, -0.25) is 0 Å². The van der Waals surface area contributed by atoms with E-state index < -0.39 is 0 Å². The van der Waals surface area contributed by atoms with Crippen LogP contribution in [0.25, 0.3) is 12.2 Å². The molecular formula is C19H22. The lowest BCUT2D eigenvalue weighted by Gasteiger charge is -2.02. The molecule has 2 rings (SSSR count). The minimum atomic E-state index is 1.22. The summed E-state index contributed by atoms with van der Waals surface area (Å²) in [5.74, 6) is 0. The lowest BCUT2D eigenvalue weighted by molar-refractivity contribution is 1.36. The Bertz CT molecular complexity index is 542. The summed E-state index contributed by atoms with van der Waals surface area (Å²) in [6.45, 7) is 13.7. The largest absolute Gasteiger partial charge is 0.0985 e. The molecular weight excluding hydrogens is 228 g/mol. The fourth-order valence-electron chi connectivity index (χ4n) is 1.97. The van der Waals surface area contributed by atoms with E-state index in [-0.39, 0.29) is 0 Å². The molecule has 19 heavy (non-hydrogen) atoms. The van der Waals surface area contributed by atoms with E-state index in [4.69, 9.17) is 0 Å². The second-order valence-electron chi connectivity index (χ2n) is 4.57. The van der Waals surface area contributed by atoms with E-state index in [2.05, 4.69) is 64.3 Å². The highest BCUT2D eigenvalue weighted by molar-refractivity contribution is 5.55. The highest BCUT2D eigenvalue weighted by Crippen LogP contribution is 2.13. The van der Waals surface area contributed by atoms with Crippen LogP contribution in [0.1, 0.15) is 27.8 Å². The number of aryl methyl sites for hydroxylation is 3. The quantitative estimate of drug-likeness (QED) is 0.652. The average molecular weight is 250 g/mol. The first-order valence-electron chi connectivity index (χ1n) is 6.47. The average Bonchev–Trinajstić information content (AvgIpc) is 2.40. The molecule has 0 unspecified atom stereocenters. The van der Waals surface area contributed by atoms with Gasteiger partial charge in [-0.25, -0.2) is 0 Å². The third kappa shape index (κ3) is 4.26. The Balaban J connectivity index is 0.000000191. The van der Waals surface area contributed by atoms with Crippen LogP contribution < -0.4 is 0 Å². The van der Waals surface area contributed by atoms with Crippen molar-refractivity contribution in [1.82, 2.24) is 0 Å². The molecule has 0 saturated carbocycles. The molecule has 2 aromatic carbocycles. The molecule has 0 aromatic heterocycles. The first-order valence-corrected chi connectivity index (χ1v) is 6.47. The van der Waals surface area contributed by atoms with Crippen molar-refractivity contribution in [3.05, 3.63) is 83.4 Å². The first-order chi connectivity index (χ1) is 9.10. The van der Waals surface area contributed by atoms with E-state index in [0.717, 1.165) is 0 Å². The summed E-state index contributed by atoms with van der Waals surface area (Å²) < 4.78 is 0. The summed E-state index contributed by atoms with van der Waals surface area (Å²) in [5.41, 5.74) is 6.37. The maximum absolute atomic E-state index is 3.75. The predicted octanol–water partition coefficient (Wildman–Crippen LogP) is 5.58. The summed E-state index contributed by atoms with van der Waals surface area (Å²) in [7, 11) is 0. The summed E-state index contributed by atoms with van der Waals surface area (Å²) in [6, 6.07) is 14.5. The van der Waals surface area contributed by atoms with Crippen LogP contribution in [0, 0.1) is 20.8 Å². The van der Waals surface area contributed by atoms with Gasteiger partial charge < -0.3 is 0 Å². The van der Waals surface area contributed by atoms with Crippen LogP contribution in [0.4, 0.5) is 0 Å². The smallest absolute Gasteiger partial charge is 0.0204 e. The predicted molar refractivity (Wildman–Crippen MR) is 87.3 cm³/mol. The number of hydrogen-bond donors (Lipinski definition) is 0. The van der Waals surface area contributed by atoms with Crippen molar-refractivity contribution >= 4 is 12.2 Å². The van der Waals surface area contributed by atoms with Crippen molar-refractivity contribution in [3.63, 3.8) is 0 Å². The molecule has 0 N–H and O–H groups in total. The van der Waals surface area contributed by atoms with Crippen LogP contribution in [-0.2, 0) is 0 Å². The standard InChI is InChI=1S/C10H12.C9H10/c1-4-10-8(2)6-5-7-9(10)3;1-3-9-7-5-4-6-8(9)2/h4-7H,1H2,2-3H3;3-7H,1H2,2H3. The van der Waals surface area contributed by atoms with Crippen molar-refractivity contribution in [2.24, 2.45) is 0 Å². The van der Waals surface area contributed by atoms with Crippen LogP contribution >= 0.6 is 0 Å². The molecule has 0 amide bonds. The maximum Gasteiger partial charge on any atom is -0.0204 e. The van der Waals surface area contributed by atoms with Gasteiger partial charge in [0, 0.05) is 0 Å². The number of rotatable bonds is 2. The van der Waals surface area contributed by atoms with Crippen LogP contribution in [0.15, 0.2) is 55.6 Å². The van der Waals surface area contributed by atoms with Crippen molar-refractivity contribution in [1.29, 1.82) is 0 Å². The first kappa shape index (κ1) is 15.0. The molecule has 0 fully saturated rings. The second kappa shape index (κ2) is 7.38. The van der Waals surface area contributed by atoms with Crippen LogP contribution in [0.3, 0.4) is 0 Å². The van der Waals surface area contributed by atoms with E-state index in [0.29, 0.717) is 0 Å². The molecule has 0 aliphatic carbocycles. The summed E-state index contributed by atoms with van der Waals surface area (Å²) in [6.07, 6.45) is 3.78. The SMILES string of the molecule is C=Cc1c(C)cccc1C.C=Cc1ccccc1C. The third-order valence-electron chi connectivity index (χ3n) is 3.15. The van der Waals surface area contributed by atoms with Gasteiger partial charge in [-0.1, -0.05) is 67.8 Å². The Hall–Kier alpha value is -2.08. The van der Waals surface area contributed by atoms with Crippen LogP contribution in [-0.4, -0.2) is 0 Å². The zero-order valence-electron chi connectivity index (χ0n) is 12.1. The summed E-state index contributed by atoms with van der Waals surface area (Å²) >= 11 is 0. The van der Waals surface area contributed by atoms with Gasteiger partial charge in [0.1, 0.15) is 0 Å². The van der Waals surface area contributed by atoms with Crippen molar-refractivity contribution in [2.75, 3.05) is 0 Å². The normalized spacial score (nSPS) is 9.21. The molecule has 0 atom stereocenters. The van der Waals surface area contributed by atoms with Gasteiger partial charge in [-0.15, -0.1) is 0 Å². The molecule has 0 heteroatoms. The molecule has 0 aliphatic heterocycles. The zero-order valence-corrected chi connectivity index (χ0v) is 12.1. The van der Waals surface area contributed by atoms with Gasteiger partial charge in [0.2, 0.25) is 0 Å². The Morgan fingerprint density at radius 1 is 0.684 bits per heavy atom. The number of benzene rings is 2. The van der Waals surface area contributed by atoms with Crippen LogP contribution in [0.2, 0.25) is 0 Å². The summed E-state index contributed by atoms with van der Waals surface area (Å²) in [5, 5.41) is 0. The molecule has 0 heterocycles.